The average molecular weight is 501 g/mol. The van der Waals surface area contributed by atoms with E-state index in [2.05, 4.69) is 39.2 Å². The number of aromatic nitrogens is 2. The van der Waals surface area contributed by atoms with Crippen LogP contribution in [0.1, 0.15) is 70.7 Å². The molecule has 3 aliphatic rings. The molecular weight excluding hydrogens is 466 g/mol. The molecule has 2 heterocycles. The molecule has 0 saturated heterocycles. The molecule has 2 aliphatic carbocycles. The van der Waals surface area contributed by atoms with Crippen LogP contribution in [0.15, 0.2) is 18.2 Å². The molecule has 1 aromatic carbocycles. The number of benzene rings is 1. The molecule has 2 saturated carbocycles. The van der Waals surface area contributed by atoms with Gasteiger partial charge in [0.1, 0.15) is 23.3 Å². The van der Waals surface area contributed by atoms with Gasteiger partial charge < -0.3 is 9.74 Å². The number of fused-ring (bicyclic) bond motifs is 2. The van der Waals surface area contributed by atoms with E-state index >= 15 is 0 Å². The Morgan fingerprint density at radius 2 is 1.74 bits per heavy atom. The van der Waals surface area contributed by atoms with Crippen LogP contribution in [-0.2, 0) is 21.2 Å². The molecule has 2 aromatic rings. The van der Waals surface area contributed by atoms with E-state index in [0.29, 0.717) is 36.3 Å². The summed E-state index contributed by atoms with van der Waals surface area (Å²) in [6, 6.07) is 3.52. The van der Waals surface area contributed by atoms with Crippen LogP contribution < -0.4 is 10.2 Å². The molecule has 1 aliphatic heterocycles. The van der Waals surface area contributed by atoms with Gasteiger partial charge in [0.2, 0.25) is 5.91 Å². The Hall–Kier alpha value is -2.39. The third-order valence-electron chi connectivity index (χ3n) is 8.09. The molecule has 1 amide bonds. The van der Waals surface area contributed by atoms with Gasteiger partial charge >= 0.3 is 0 Å². The number of anilines is 3. The Labute approximate surface area is 206 Å². The maximum Gasteiger partial charge on any atom is 0.243 e. The molecule has 9 heteroatoms. The molecule has 1 aromatic heterocycles. The lowest BCUT2D eigenvalue weighted by atomic mass is 9.80. The van der Waals surface area contributed by atoms with Crippen molar-refractivity contribution in [3.05, 3.63) is 41.2 Å². The van der Waals surface area contributed by atoms with Crippen molar-refractivity contribution in [2.45, 2.75) is 95.5 Å². The molecule has 6 nitrogen and oxygen atoms in total. The normalized spacial score (nSPS) is 19.5. The van der Waals surface area contributed by atoms with E-state index in [0.717, 1.165) is 37.3 Å². The third-order valence-corrected chi connectivity index (χ3v) is 12.6. The molecule has 0 radical (unpaired) electrons. The van der Waals surface area contributed by atoms with Gasteiger partial charge in [-0.1, -0.05) is 33.6 Å². The van der Waals surface area contributed by atoms with Crippen molar-refractivity contribution in [3.63, 3.8) is 0 Å². The molecule has 188 valence electrons. The first-order valence-corrected chi connectivity index (χ1v) is 15.4. The molecule has 0 bridgehead atoms. The Morgan fingerprint density at radius 1 is 1.11 bits per heavy atom. The standard InChI is InChI=1S/C26H34F2N4O2Si/c1-25(2,3)35(4,5)34-15-20-30-22(29-18-8-9-18)21-23(31-20)32(19-13-16(27)12-17(28)14-19)24(33)26(21)10-6-7-11-26/h12-14,18H,6-11,15H2,1-5H3,(H,29,30,31). The van der Waals surface area contributed by atoms with Gasteiger partial charge in [0.15, 0.2) is 14.1 Å². The fourth-order valence-corrected chi connectivity index (χ4v) is 5.84. The molecule has 0 unspecified atom stereocenters. The quantitative estimate of drug-likeness (QED) is 0.469. The monoisotopic (exact) mass is 500 g/mol. The second-order valence-electron chi connectivity index (χ2n) is 11.7. The van der Waals surface area contributed by atoms with E-state index in [4.69, 9.17) is 14.4 Å². The lowest BCUT2D eigenvalue weighted by Crippen LogP contribution is -2.40. The van der Waals surface area contributed by atoms with Crippen LogP contribution in [0, 0.1) is 11.6 Å². The molecule has 1 N–H and O–H groups in total. The summed E-state index contributed by atoms with van der Waals surface area (Å²) in [5.41, 5.74) is 0.159. The van der Waals surface area contributed by atoms with Crippen molar-refractivity contribution in [1.82, 2.24) is 9.97 Å². The number of hydrogen-bond acceptors (Lipinski definition) is 5. The van der Waals surface area contributed by atoms with E-state index < -0.39 is 25.4 Å². The van der Waals surface area contributed by atoms with Crippen LogP contribution in [0.25, 0.3) is 0 Å². The third kappa shape index (κ3) is 4.26. The molecule has 1 spiro atoms. The highest BCUT2D eigenvalue weighted by Gasteiger charge is 2.56. The van der Waals surface area contributed by atoms with Crippen molar-refractivity contribution < 1.29 is 18.0 Å². The number of rotatable bonds is 6. The Bertz CT molecular complexity index is 1150. The maximum atomic E-state index is 14.2. The Balaban J connectivity index is 1.64. The highest BCUT2D eigenvalue weighted by molar-refractivity contribution is 6.74. The SMILES string of the molecule is CC(C)(C)[Si](C)(C)OCc1nc(NC2CC2)c2c(n1)N(c1cc(F)cc(F)c1)C(=O)C21CCCC1. The van der Waals surface area contributed by atoms with Crippen LogP contribution in [0.2, 0.25) is 18.1 Å². The van der Waals surface area contributed by atoms with Crippen molar-refractivity contribution in [3.8, 4) is 0 Å². The van der Waals surface area contributed by atoms with Crippen molar-refractivity contribution in [1.29, 1.82) is 0 Å². The van der Waals surface area contributed by atoms with Crippen molar-refractivity contribution in [2.24, 2.45) is 0 Å². The molecular formula is C26H34F2N4O2Si. The summed E-state index contributed by atoms with van der Waals surface area (Å²) >= 11 is 0. The van der Waals surface area contributed by atoms with Gasteiger partial charge in [0.05, 0.1) is 23.3 Å². The van der Waals surface area contributed by atoms with Gasteiger partial charge in [0, 0.05) is 12.1 Å². The van der Waals surface area contributed by atoms with Crippen LogP contribution in [0.3, 0.4) is 0 Å². The van der Waals surface area contributed by atoms with Gasteiger partial charge in [0.25, 0.3) is 0 Å². The predicted molar refractivity (Wildman–Crippen MR) is 134 cm³/mol. The summed E-state index contributed by atoms with van der Waals surface area (Å²) in [5, 5.41) is 3.55. The van der Waals surface area contributed by atoms with Crippen LogP contribution in [0.4, 0.5) is 26.1 Å². The van der Waals surface area contributed by atoms with Crippen LogP contribution >= 0.6 is 0 Å². The molecule has 2 fully saturated rings. The van der Waals surface area contributed by atoms with E-state index in [1.165, 1.54) is 17.0 Å². The van der Waals surface area contributed by atoms with E-state index in [-0.39, 0.29) is 23.2 Å². The summed E-state index contributed by atoms with van der Waals surface area (Å²) in [7, 11) is -2.07. The zero-order chi connectivity index (χ0) is 25.2. The Morgan fingerprint density at radius 3 is 2.31 bits per heavy atom. The van der Waals surface area contributed by atoms with Crippen LogP contribution in [-0.4, -0.2) is 30.2 Å². The van der Waals surface area contributed by atoms with Crippen LogP contribution in [0.5, 0.6) is 0 Å². The number of carbonyl (C=O) groups excluding carboxylic acids is 1. The summed E-state index contributed by atoms with van der Waals surface area (Å²) in [4.78, 5) is 25.1. The highest BCUT2D eigenvalue weighted by atomic mass is 28.4. The number of nitrogens with one attached hydrogen (secondary N) is 1. The fourth-order valence-electron chi connectivity index (χ4n) is 4.92. The zero-order valence-electron chi connectivity index (χ0n) is 21.2. The maximum absolute atomic E-state index is 14.2. The van der Waals surface area contributed by atoms with Crippen molar-refractivity contribution in [2.75, 3.05) is 10.2 Å². The number of hydrogen-bond donors (Lipinski definition) is 1. The number of halogens is 2. The van der Waals surface area contributed by atoms with Gasteiger partial charge in [-0.25, -0.2) is 18.7 Å². The van der Waals surface area contributed by atoms with E-state index in [1.54, 1.807) is 0 Å². The lowest BCUT2D eigenvalue weighted by Gasteiger charge is -2.36. The van der Waals surface area contributed by atoms with Gasteiger partial charge in [-0.2, -0.15) is 0 Å². The highest BCUT2D eigenvalue weighted by Crippen LogP contribution is 2.55. The van der Waals surface area contributed by atoms with Gasteiger partial charge in [-0.15, -0.1) is 0 Å². The molecule has 5 rings (SSSR count). The smallest absolute Gasteiger partial charge is 0.243 e. The van der Waals surface area contributed by atoms with E-state index in [9.17, 15) is 13.6 Å². The summed E-state index contributed by atoms with van der Waals surface area (Å²) in [6.45, 7) is 11.1. The minimum absolute atomic E-state index is 0.0216. The van der Waals surface area contributed by atoms with Crippen molar-refractivity contribution >= 4 is 31.5 Å². The second-order valence-corrected chi connectivity index (χ2v) is 16.5. The number of carbonyl (C=O) groups is 1. The number of amides is 1. The average Bonchev–Trinajstić information content (AvgIpc) is 3.36. The van der Waals surface area contributed by atoms with E-state index in [1.807, 2.05) is 0 Å². The lowest BCUT2D eigenvalue weighted by molar-refractivity contribution is -0.122. The first-order chi connectivity index (χ1) is 16.4. The first-order valence-electron chi connectivity index (χ1n) is 12.5. The van der Waals surface area contributed by atoms with Gasteiger partial charge in [-0.3, -0.25) is 9.69 Å². The predicted octanol–water partition coefficient (Wildman–Crippen LogP) is 6.34. The fraction of sp³-hybridized carbons (Fsp3) is 0.577. The summed E-state index contributed by atoms with van der Waals surface area (Å²) in [5.74, 6) is -0.0657. The minimum Gasteiger partial charge on any atom is -0.409 e. The minimum atomic E-state index is -2.07. The van der Waals surface area contributed by atoms with Gasteiger partial charge in [-0.05, 0) is 55.9 Å². The Kier molecular flexibility index (Phi) is 5.79. The second kappa shape index (κ2) is 8.33. The number of nitrogens with zero attached hydrogens (tertiary/aromatic N) is 3. The summed E-state index contributed by atoms with van der Waals surface area (Å²) in [6.07, 6.45) is 5.28. The molecule has 35 heavy (non-hydrogen) atoms. The zero-order valence-corrected chi connectivity index (χ0v) is 22.2. The molecule has 0 atom stereocenters. The largest absolute Gasteiger partial charge is 0.409 e. The topological polar surface area (TPSA) is 67.3 Å². The summed E-state index contributed by atoms with van der Waals surface area (Å²) < 4.78 is 34.8. The first kappa shape index (κ1) is 24.3.